The molecule has 0 aliphatic carbocycles. The van der Waals surface area contributed by atoms with E-state index in [2.05, 4.69) is 10.00 Å². The van der Waals surface area contributed by atoms with Gasteiger partial charge in [0.05, 0.1) is 25.5 Å². The van der Waals surface area contributed by atoms with Gasteiger partial charge in [0.25, 0.3) is 5.91 Å². The topological polar surface area (TPSA) is 59.8 Å². The first-order valence-electron chi connectivity index (χ1n) is 8.41. The summed E-state index contributed by atoms with van der Waals surface area (Å²) < 4.78 is 12.1. The van der Waals surface area contributed by atoms with Crippen LogP contribution in [-0.2, 0) is 4.74 Å². The molecule has 7 nitrogen and oxygen atoms in total. The molecule has 0 unspecified atom stereocenters. The lowest BCUT2D eigenvalue weighted by atomic mass is 10.2. The van der Waals surface area contributed by atoms with Gasteiger partial charge in [-0.15, -0.1) is 0 Å². The van der Waals surface area contributed by atoms with Gasteiger partial charge in [-0.05, 0) is 12.1 Å². The molecule has 0 spiro atoms. The first-order chi connectivity index (χ1) is 12.2. The number of benzene rings is 1. The van der Waals surface area contributed by atoms with E-state index >= 15 is 0 Å². The fraction of sp³-hybridized carbons (Fsp3) is 0.444. The highest BCUT2D eigenvalue weighted by Gasteiger charge is 2.23. The number of amides is 1. The van der Waals surface area contributed by atoms with E-state index in [1.807, 2.05) is 29.2 Å². The zero-order valence-corrected chi connectivity index (χ0v) is 14.7. The van der Waals surface area contributed by atoms with Gasteiger partial charge in [0.2, 0.25) is 0 Å². The molecule has 2 heterocycles. The van der Waals surface area contributed by atoms with Gasteiger partial charge in [0.1, 0.15) is 11.4 Å². The largest absolute Gasteiger partial charge is 0.494 e. The van der Waals surface area contributed by atoms with Crippen molar-refractivity contribution in [1.82, 2.24) is 19.6 Å². The molecular weight excluding hydrogens is 320 g/mol. The van der Waals surface area contributed by atoms with E-state index in [1.165, 1.54) is 0 Å². The predicted octanol–water partition coefficient (Wildman–Crippen LogP) is 1.29. The molecule has 134 valence electrons. The van der Waals surface area contributed by atoms with E-state index < -0.39 is 0 Å². The minimum absolute atomic E-state index is 0.0209. The summed E-state index contributed by atoms with van der Waals surface area (Å²) in [7, 11) is 3.33. The Morgan fingerprint density at radius 3 is 2.64 bits per heavy atom. The van der Waals surface area contributed by atoms with E-state index in [4.69, 9.17) is 9.47 Å². The van der Waals surface area contributed by atoms with Crippen LogP contribution < -0.4 is 4.74 Å². The normalized spacial score (nSPS) is 15.4. The fourth-order valence-corrected chi connectivity index (χ4v) is 2.96. The van der Waals surface area contributed by atoms with Gasteiger partial charge in [0.15, 0.2) is 0 Å². The molecule has 1 saturated heterocycles. The van der Waals surface area contributed by atoms with E-state index in [0.717, 1.165) is 50.8 Å². The van der Waals surface area contributed by atoms with Gasteiger partial charge in [-0.2, -0.15) is 5.10 Å². The number of carbonyl (C=O) groups excluding carboxylic acids is 1. The minimum Gasteiger partial charge on any atom is -0.494 e. The van der Waals surface area contributed by atoms with E-state index in [9.17, 15) is 4.79 Å². The molecule has 0 radical (unpaired) electrons. The number of hydrogen-bond acceptors (Lipinski definition) is 5. The number of nitrogens with zero attached hydrogens (tertiary/aromatic N) is 4. The lowest BCUT2D eigenvalue weighted by Gasteiger charge is -2.34. The third-order valence-corrected chi connectivity index (χ3v) is 4.43. The van der Waals surface area contributed by atoms with Gasteiger partial charge in [-0.1, -0.05) is 12.1 Å². The van der Waals surface area contributed by atoms with Crippen molar-refractivity contribution in [3.63, 3.8) is 0 Å². The number of rotatable bonds is 6. The Kier molecular flexibility index (Phi) is 5.67. The number of ether oxygens (including phenoxy) is 2. The van der Waals surface area contributed by atoms with Crippen LogP contribution in [0.1, 0.15) is 10.4 Å². The summed E-state index contributed by atoms with van der Waals surface area (Å²) in [5.41, 5.74) is 1.41. The lowest BCUT2D eigenvalue weighted by Crippen LogP contribution is -2.49. The molecule has 1 amide bonds. The van der Waals surface area contributed by atoms with Crippen LogP contribution in [-0.4, -0.2) is 79.0 Å². The summed E-state index contributed by atoms with van der Waals surface area (Å²) in [6.45, 7) is 4.82. The summed E-state index contributed by atoms with van der Waals surface area (Å²) in [5, 5.41) is 4.33. The van der Waals surface area contributed by atoms with Gasteiger partial charge >= 0.3 is 0 Å². The monoisotopic (exact) mass is 344 g/mol. The Morgan fingerprint density at radius 1 is 1.16 bits per heavy atom. The summed E-state index contributed by atoms with van der Waals surface area (Å²) in [6, 6.07) is 7.60. The highest BCUT2D eigenvalue weighted by Crippen LogP contribution is 2.22. The smallest absolute Gasteiger partial charge is 0.257 e. The molecular formula is C18H24N4O3. The summed E-state index contributed by atoms with van der Waals surface area (Å²) in [4.78, 5) is 16.9. The number of methoxy groups -OCH3 is 2. The first kappa shape index (κ1) is 17.4. The second-order valence-electron chi connectivity index (χ2n) is 5.97. The van der Waals surface area contributed by atoms with Crippen molar-refractivity contribution in [3.8, 4) is 11.4 Å². The van der Waals surface area contributed by atoms with Crippen molar-refractivity contribution in [2.45, 2.75) is 0 Å². The zero-order chi connectivity index (χ0) is 17.6. The van der Waals surface area contributed by atoms with Crippen LogP contribution in [0.5, 0.6) is 5.75 Å². The highest BCUT2D eigenvalue weighted by molar-refractivity contribution is 5.94. The third kappa shape index (κ3) is 4.00. The number of carbonyl (C=O) groups is 1. The molecule has 1 aliphatic heterocycles. The quantitative estimate of drug-likeness (QED) is 0.790. The first-order valence-corrected chi connectivity index (χ1v) is 8.41. The Balaban J connectivity index is 1.65. The van der Waals surface area contributed by atoms with Crippen molar-refractivity contribution in [2.75, 3.05) is 53.6 Å². The van der Waals surface area contributed by atoms with Gasteiger partial charge in [0, 0.05) is 46.0 Å². The fourth-order valence-electron chi connectivity index (χ4n) is 2.96. The van der Waals surface area contributed by atoms with Crippen molar-refractivity contribution in [1.29, 1.82) is 0 Å². The number of hydrogen-bond donors (Lipinski definition) is 0. The molecule has 7 heteroatoms. The van der Waals surface area contributed by atoms with Crippen LogP contribution >= 0.6 is 0 Å². The van der Waals surface area contributed by atoms with Gasteiger partial charge in [-0.3, -0.25) is 9.69 Å². The zero-order valence-electron chi connectivity index (χ0n) is 14.7. The summed E-state index contributed by atoms with van der Waals surface area (Å²) in [5.74, 6) is 0.740. The average Bonchev–Trinajstić information content (AvgIpc) is 3.16. The van der Waals surface area contributed by atoms with Crippen LogP contribution in [0.3, 0.4) is 0 Å². The molecule has 0 saturated carbocycles. The second-order valence-corrected chi connectivity index (χ2v) is 5.97. The average molecular weight is 344 g/mol. The molecule has 0 bridgehead atoms. The third-order valence-electron chi connectivity index (χ3n) is 4.43. The van der Waals surface area contributed by atoms with E-state index in [1.54, 1.807) is 31.3 Å². The Bertz CT molecular complexity index is 708. The van der Waals surface area contributed by atoms with Crippen molar-refractivity contribution < 1.29 is 14.3 Å². The molecule has 1 aromatic carbocycles. The maximum absolute atomic E-state index is 12.7. The molecule has 25 heavy (non-hydrogen) atoms. The van der Waals surface area contributed by atoms with Crippen molar-refractivity contribution in [2.24, 2.45) is 0 Å². The molecule has 1 aliphatic rings. The van der Waals surface area contributed by atoms with Crippen LogP contribution in [0.25, 0.3) is 5.69 Å². The van der Waals surface area contributed by atoms with Gasteiger partial charge in [-0.25, -0.2) is 4.68 Å². The van der Waals surface area contributed by atoms with Crippen molar-refractivity contribution in [3.05, 3.63) is 42.2 Å². The molecule has 2 aromatic rings. The predicted molar refractivity (Wildman–Crippen MR) is 94.3 cm³/mol. The molecule has 0 atom stereocenters. The SMILES string of the molecule is COCCN1CCN(C(=O)c2cnn(-c3ccccc3OC)c2)CC1. The molecule has 0 N–H and O–H groups in total. The molecule has 1 aromatic heterocycles. The Morgan fingerprint density at radius 2 is 1.92 bits per heavy atom. The standard InChI is InChI=1S/C18H24N4O3/c1-24-12-11-20-7-9-21(10-8-20)18(23)15-13-19-22(14-15)16-5-3-4-6-17(16)25-2/h3-6,13-14H,7-12H2,1-2H3. The summed E-state index contributed by atoms with van der Waals surface area (Å²) in [6.07, 6.45) is 3.38. The second kappa shape index (κ2) is 8.13. The minimum atomic E-state index is 0.0209. The number of piperazine rings is 1. The highest BCUT2D eigenvalue weighted by atomic mass is 16.5. The maximum atomic E-state index is 12.7. The van der Waals surface area contributed by atoms with E-state index in [0.29, 0.717) is 5.56 Å². The number of para-hydroxylation sites is 2. The van der Waals surface area contributed by atoms with Crippen LogP contribution in [0.4, 0.5) is 0 Å². The number of aromatic nitrogens is 2. The molecule has 3 rings (SSSR count). The van der Waals surface area contributed by atoms with Gasteiger partial charge < -0.3 is 14.4 Å². The Labute approximate surface area is 147 Å². The summed E-state index contributed by atoms with van der Waals surface area (Å²) >= 11 is 0. The van der Waals surface area contributed by atoms with Crippen LogP contribution in [0.15, 0.2) is 36.7 Å². The molecule has 1 fully saturated rings. The maximum Gasteiger partial charge on any atom is 0.257 e. The van der Waals surface area contributed by atoms with Crippen LogP contribution in [0.2, 0.25) is 0 Å². The Hall–Kier alpha value is -2.38. The van der Waals surface area contributed by atoms with E-state index in [-0.39, 0.29) is 5.91 Å². The van der Waals surface area contributed by atoms with Crippen LogP contribution in [0, 0.1) is 0 Å². The lowest BCUT2D eigenvalue weighted by molar-refractivity contribution is 0.0594. The van der Waals surface area contributed by atoms with Crippen molar-refractivity contribution >= 4 is 5.91 Å².